The fourth-order valence-electron chi connectivity index (χ4n) is 2.80. The number of carbonyl (C=O) groups excluding carboxylic acids is 1. The van der Waals surface area contributed by atoms with E-state index in [1.807, 2.05) is 4.90 Å². The first kappa shape index (κ1) is 14.1. The van der Waals surface area contributed by atoms with E-state index in [9.17, 15) is 4.79 Å². The van der Waals surface area contributed by atoms with Crippen LogP contribution in [0.3, 0.4) is 0 Å². The van der Waals surface area contributed by atoms with Crippen molar-refractivity contribution in [3.8, 4) is 0 Å². The number of piperazine rings is 1. The molecule has 1 amide bonds. The van der Waals surface area contributed by atoms with Gasteiger partial charge >= 0.3 is 0 Å². The first-order valence-electron chi connectivity index (χ1n) is 7.05. The summed E-state index contributed by atoms with van der Waals surface area (Å²) in [5.41, 5.74) is 3.58. The highest BCUT2D eigenvalue weighted by Gasteiger charge is 2.24. The van der Waals surface area contributed by atoms with Gasteiger partial charge in [0.2, 0.25) is 5.91 Å². The molecular weight excluding hydrogens is 236 g/mol. The topological polar surface area (TPSA) is 32.3 Å². The molecule has 0 aliphatic carbocycles. The van der Waals surface area contributed by atoms with Gasteiger partial charge in [-0.25, -0.2) is 0 Å². The Morgan fingerprint density at radius 3 is 2.53 bits per heavy atom. The average Bonchev–Trinajstić information content (AvgIpc) is 2.32. The van der Waals surface area contributed by atoms with Crippen LogP contribution in [0.5, 0.6) is 0 Å². The number of benzene rings is 1. The Bertz CT molecular complexity index is 460. The lowest BCUT2D eigenvalue weighted by Gasteiger charge is -2.36. The van der Waals surface area contributed by atoms with E-state index >= 15 is 0 Å². The van der Waals surface area contributed by atoms with Crippen molar-refractivity contribution < 1.29 is 4.79 Å². The zero-order valence-corrected chi connectivity index (χ0v) is 12.4. The summed E-state index contributed by atoms with van der Waals surface area (Å²) in [4.78, 5) is 14.4. The molecule has 0 bridgehead atoms. The predicted octanol–water partition coefficient (Wildman–Crippen LogP) is 2.05. The van der Waals surface area contributed by atoms with Crippen molar-refractivity contribution in [1.29, 1.82) is 0 Å². The zero-order chi connectivity index (χ0) is 14.0. The van der Waals surface area contributed by atoms with Gasteiger partial charge in [-0.3, -0.25) is 4.79 Å². The van der Waals surface area contributed by atoms with Crippen LogP contribution in [0.4, 0.5) is 0 Å². The van der Waals surface area contributed by atoms with Gasteiger partial charge in [-0.15, -0.1) is 0 Å². The summed E-state index contributed by atoms with van der Waals surface area (Å²) < 4.78 is 0. The fourth-order valence-corrected chi connectivity index (χ4v) is 2.80. The van der Waals surface area contributed by atoms with E-state index in [4.69, 9.17) is 0 Å². The quantitative estimate of drug-likeness (QED) is 0.882. The van der Waals surface area contributed by atoms with Gasteiger partial charge in [0, 0.05) is 25.2 Å². The first-order valence-corrected chi connectivity index (χ1v) is 7.05. The number of aryl methyl sites for hydroxylation is 2. The molecule has 0 unspecified atom stereocenters. The Hall–Kier alpha value is -1.35. The number of amides is 1. The molecule has 1 fully saturated rings. The number of hydrogen-bond donors (Lipinski definition) is 1. The third kappa shape index (κ3) is 3.57. The monoisotopic (exact) mass is 260 g/mol. The van der Waals surface area contributed by atoms with Gasteiger partial charge in [-0.1, -0.05) is 23.8 Å². The molecule has 2 atom stereocenters. The molecule has 1 aromatic rings. The molecule has 3 nitrogen and oxygen atoms in total. The highest BCUT2D eigenvalue weighted by molar-refractivity contribution is 5.79. The minimum atomic E-state index is 0.244. The normalized spacial score (nSPS) is 23.5. The third-order valence-electron chi connectivity index (χ3n) is 3.76. The van der Waals surface area contributed by atoms with Gasteiger partial charge in [-0.05, 0) is 38.8 Å². The lowest BCUT2D eigenvalue weighted by atomic mass is 10.0. The van der Waals surface area contributed by atoms with Crippen molar-refractivity contribution in [3.63, 3.8) is 0 Å². The minimum Gasteiger partial charge on any atom is -0.339 e. The van der Waals surface area contributed by atoms with Gasteiger partial charge in [-0.2, -0.15) is 0 Å². The summed E-state index contributed by atoms with van der Waals surface area (Å²) in [6.45, 7) is 10.0. The number of carbonyl (C=O) groups is 1. The van der Waals surface area contributed by atoms with Crippen LogP contribution in [0, 0.1) is 13.8 Å². The molecular formula is C16H24N2O. The Kier molecular flexibility index (Phi) is 4.25. The molecule has 3 heteroatoms. The molecule has 1 aromatic carbocycles. The van der Waals surface area contributed by atoms with E-state index in [0.29, 0.717) is 18.5 Å². The van der Waals surface area contributed by atoms with Crippen molar-refractivity contribution in [3.05, 3.63) is 34.9 Å². The Morgan fingerprint density at radius 1 is 1.26 bits per heavy atom. The summed E-state index contributed by atoms with van der Waals surface area (Å²) in [5, 5.41) is 3.45. The number of rotatable bonds is 2. The second-order valence-electron chi connectivity index (χ2n) is 5.87. The highest BCUT2D eigenvalue weighted by Crippen LogP contribution is 2.14. The van der Waals surface area contributed by atoms with Crippen LogP contribution in [0.2, 0.25) is 0 Å². The molecule has 1 saturated heterocycles. The maximum absolute atomic E-state index is 12.4. The molecule has 1 aliphatic rings. The smallest absolute Gasteiger partial charge is 0.227 e. The Balaban J connectivity index is 2.06. The molecule has 1 N–H and O–H groups in total. The van der Waals surface area contributed by atoms with Crippen LogP contribution < -0.4 is 5.32 Å². The first-order chi connectivity index (χ1) is 8.95. The van der Waals surface area contributed by atoms with Crippen LogP contribution >= 0.6 is 0 Å². The summed E-state index contributed by atoms with van der Waals surface area (Å²) >= 11 is 0. The largest absolute Gasteiger partial charge is 0.339 e. The predicted molar refractivity (Wildman–Crippen MR) is 78.3 cm³/mol. The fraction of sp³-hybridized carbons (Fsp3) is 0.562. The molecule has 1 aliphatic heterocycles. The van der Waals surface area contributed by atoms with Gasteiger partial charge in [0.1, 0.15) is 0 Å². The number of nitrogens with one attached hydrogen (secondary N) is 1. The average molecular weight is 260 g/mol. The van der Waals surface area contributed by atoms with Crippen LogP contribution in [-0.2, 0) is 11.2 Å². The summed E-state index contributed by atoms with van der Waals surface area (Å²) in [7, 11) is 0. The second-order valence-corrected chi connectivity index (χ2v) is 5.87. The SMILES string of the molecule is Cc1ccc(C)c(CC(=O)N2C[C@@H](C)N[C@@H](C)C2)c1. The van der Waals surface area contributed by atoms with Crippen LogP contribution in [-0.4, -0.2) is 36.0 Å². The van der Waals surface area contributed by atoms with Gasteiger partial charge in [0.05, 0.1) is 6.42 Å². The molecule has 19 heavy (non-hydrogen) atoms. The van der Waals surface area contributed by atoms with E-state index < -0.39 is 0 Å². The maximum atomic E-state index is 12.4. The minimum absolute atomic E-state index is 0.244. The van der Waals surface area contributed by atoms with Crippen molar-refractivity contribution in [2.24, 2.45) is 0 Å². The number of nitrogens with zero attached hydrogens (tertiary/aromatic N) is 1. The van der Waals surface area contributed by atoms with Gasteiger partial charge in [0.25, 0.3) is 0 Å². The zero-order valence-electron chi connectivity index (χ0n) is 12.4. The van der Waals surface area contributed by atoms with E-state index in [-0.39, 0.29) is 5.91 Å². The molecule has 0 spiro atoms. The van der Waals surface area contributed by atoms with E-state index in [1.165, 1.54) is 11.1 Å². The molecule has 104 valence electrons. The Labute approximate surface area is 116 Å². The molecule has 0 radical (unpaired) electrons. The standard InChI is InChI=1S/C16H24N2O/c1-11-5-6-12(2)15(7-11)8-16(19)18-9-13(3)17-14(4)10-18/h5-7,13-14,17H,8-10H2,1-4H3/t13-,14+. The summed E-state index contributed by atoms with van der Waals surface area (Å²) in [5.74, 6) is 0.244. The lowest BCUT2D eigenvalue weighted by molar-refractivity contribution is -0.132. The van der Waals surface area contributed by atoms with E-state index in [1.54, 1.807) is 0 Å². The summed E-state index contributed by atoms with van der Waals surface area (Å²) in [6, 6.07) is 7.08. The molecule has 0 aromatic heterocycles. The van der Waals surface area contributed by atoms with E-state index in [0.717, 1.165) is 18.7 Å². The van der Waals surface area contributed by atoms with E-state index in [2.05, 4.69) is 51.2 Å². The van der Waals surface area contributed by atoms with Crippen molar-refractivity contribution in [2.45, 2.75) is 46.2 Å². The van der Waals surface area contributed by atoms with Gasteiger partial charge in [0.15, 0.2) is 0 Å². The van der Waals surface area contributed by atoms with Crippen molar-refractivity contribution >= 4 is 5.91 Å². The third-order valence-corrected chi connectivity index (χ3v) is 3.76. The maximum Gasteiger partial charge on any atom is 0.227 e. The van der Waals surface area contributed by atoms with Crippen LogP contribution in [0.1, 0.15) is 30.5 Å². The molecule has 0 saturated carbocycles. The number of hydrogen-bond acceptors (Lipinski definition) is 2. The summed E-state index contributed by atoms with van der Waals surface area (Å²) in [6.07, 6.45) is 0.521. The van der Waals surface area contributed by atoms with Crippen molar-refractivity contribution in [2.75, 3.05) is 13.1 Å². The Morgan fingerprint density at radius 2 is 1.89 bits per heavy atom. The van der Waals surface area contributed by atoms with Crippen LogP contribution in [0.25, 0.3) is 0 Å². The molecule has 2 rings (SSSR count). The lowest BCUT2D eigenvalue weighted by Crippen LogP contribution is -2.56. The van der Waals surface area contributed by atoms with Crippen molar-refractivity contribution in [1.82, 2.24) is 10.2 Å². The van der Waals surface area contributed by atoms with Gasteiger partial charge < -0.3 is 10.2 Å². The highest BCUT2D eigenvalue weighted by atomic mass is 16.2. The molecule has 1 heterocycles. The van der Waals surface area contributed by atoms with Crippen LogP contribution in [0.15, 0.2) is 18.2 Å². The second kappa shape index (κ2) is 5.74.